The van der Waals surface area contributed by atoms with Gasteiger partial charge >= 0.3 is 0 Å². The number of hydrogen-bond donors (Lipinski definition) is 2. The van der Waals surface area contributed by atoms with Gasteiger partial charge in [0.05, 0.1) is 6.04 Å². The highest BCUT2D eigenvalue weighted by molar-refractivity contribution is 7.98. The Morgan fingerprint density at radius 3 is 3.19 bits per heavy atom. The molecule has 0 aliphatic heterocycles. The van der Waals surface area contributed by atoms with Crippen molar-refractivity contribution in [2.45, 2.75) is 12.5 Å². The molecule has 0 fully saturated rings. The molecule has 2 heterocycles. The number of nitrogens with one attached hydrogen (secondary N) is 1. The van der Waals surface area contributed by atoms with Crippen LogP contribution in [0, 0.1) is 0 Å². The average Bonchev–Trinajstić information content (AvgIpc) is 2.94. The Bertz CT molecular complexity index is 427. The molecular weight excluding hydrogens is 228 g/mol. The monoisotopic (exact) mass is 240 g/mol. The van der Waals surface area contributed by atoms with Gasteiger partial charge in [0.15, 0.2) is 5.82 Å². The highest BCUT2D eigenvalue weighted by Crippen LogP contribution is 2.16. The molecule has 0 amide bonds. The lowest BCUT2D eigenvalue weighted by molar-refractivity contribution is 0.353. The zero-order chi connectivity index (χ0) is 11.4. The van der Waals surface area contributed by atoms with E-state index in [9.17, 15) is 0 Å². The summed E-state index contributed by atoms with van der Waals surface area (Å²) in [6.07, 6.45) is 4.22. The first-order chi connectivity index (χ1) is 7.81. The number of nitrogens with zero attached hydrogens (tertiary/aromatic N) is 4. The second-order valence-electron chi connectivity index (χ2n) is 3.18. The van der Waals surface area contributed by atoms with Crippen LogP contribution >= 0.6 is 11.8 Å². The van der Waals surface area contributed by atoms with E-state index in [2.05, 4.69) is 25.3 Å². The molecule has 86 valence electrons. The highest BCUT2D eigenvalue weighted by atomic mass is 32.2. The lowest BCUT2D eigenvalue weighted by Gasteiger charge is -2.03. The molecule has 2 rings (SSSR count). The van der Waals surface area contributed by atoms with Gasteiger partial charge in [-0.15, -0.1) is 0 Å². The van der Waals surface area contributed by atoms with Gasteiger partial charge in [-0.25, -0.2) is 4.98 Å². The first-order valence-electron chi connectivity index (χ1n) is 4.75. The average molecular weight is 240 g/mol. The minimum absolute atomic E-state index is 0.225. The molecule has 0 bridgehead atoms. The van der Waals surface area contributed by atoms with E-state index in [0.29, 0.717) is 17.5 Å². The van der Waals surface area contributed by atoms with Gasteiger partial charge in [-0.2, -0.15) is 21.8 Å². The van der Waals surface area contributed by atoms with Gasteiger partial charge in [-0.3, -0.25) is 5.10 Å². The smallest absolute Gasteiger partial charge is 0.243 e. The second kappa shape index (κ2) is 5.08. The minimum Gasteiger partial charge on any atom is -0.337 e. The van der Waals surface area contributed by atoms with Crippen LogP contribution in [0.1, 0.15) is 18.4 Å². The maximum atomic E-state index is 5.89. The van der Waals surface area contributed by atoms with Crippen LogP contribution in [-0.2, 0) is 0 Å². The molecule has 8 heteroatoms. The van der Waals surface area contributed by atoms with Crippen molar-refractivity contribution in [3.8, 4) is 11.6 Å². The van der Waals surface area contributed by atoms with E-state index in [0.717, 1.165) is 12.2 Å². The number of aromatic amines is 1. The van der Waals surface area contributed by atoms with E-state index >= 15 is 0 Å². The van der Waals surface area contributed by atoms with Crippen molar-refractivity contribution in [3.05, 3.63) is 12.2 Å². The highest BCUT2D eigenvalue weighted by Gasteiger charge is 2.16. The topological polar surface area (TPSA) is 107 Å². The SMILES string of the molecule is CSCC[C@@H](N)c1nc(-c2ncn[nH]2)no1. The number of H-pyrrole nitrogens is 1. The molecular formula is C8H12N6OS. The lowest BCUT2D eigenvalue weighted by atomic mass is 10.2. The van der Waals surface area contributed by atoms with Crippen molar-refractivity contribution in [2.75, 3.05) is 12.0 Å². The van der Waals surface area contributed by atoms with Gasteiger partial charge in [-0.1, -0.05) is 5.16 Å². The van der Waals surface area contributed by atoms with E-state index in [1.807, 2.05) is 6.26 Å². The molecule has 0 spiro atoms. The summed E-state index contributed by atoms with van der Waals surface area (Å²) in [7, 11) is 0. The van der Waals surface area contributed by atoms with Crippen molar-refractivity contribution in [2.24, 2.45) is 5.73 Å². The summed E-state index contributed by atoms with van der Waals surface area (Å²) in [6.45, 7) is 0. The number of rotatable bonds is 5. The third kappa shape index (κ3) is 2.39. The summed E-state index contributed by atoms with van der Waals surface area (Å²) in [4.78, 5) is 8.08. The molecule has 2 aromatic rings. The molecule has 0 radical (unpaired) electrons. The van der Waals surface area contributed by atoms with E-state index < -0.39 is 0 Å². The number of hydrogen-bond acceptors (Lipinski definition) is 7. The minimum atomic E-state index is -0.225. The molecule has 0 saturated heterocycles. The summed E-state index contributed by atoms with van der Waals surface area (Å²) in [6, 6.07) is -0.225. The molecule has 7 nitrogen and oxygen atoms in total. The van der Waals surface area contributed by atoms with Crippen LogP contribution in [0.2, 0.25) is 0 Å². The summed E-state index contributed by atoms with van der Waals surface area (Å²) in [5, 5.41) is 10.1. The van der Waals surface area contributed by atoms with E-state index in [1.165, 1.54) is 6.33 Å². The van der Waals surface area contributed by atoms with Gasteiger partial charge in [0.1, 0.15) is 6.33 Å². The van der Waals surface area contributed by atoms with Crippen LogP contribution in [-0.4, -0.2) is 37.3 Å². The number of aromatic nitrogens is 5. The summed E-state index contributed by atoms with van der Waals surface area (Å²) >= 11 is 1.73. The fourth-order valence-corrected chi connectivity index (χ4v) is 1.65. The van der Waals surface area contributed by atoms with Crippen LogP contribution in [0.25, 0.3) is 11.6 Å². The van der Waals surface area contributed by atoms with Gasteiger partial charge in [0, 0.05) is 0 Å². The Labute approximate surface area is 96.2 Å². The third-order valence-electron chi connectivity index (χ3n) is 2.02. The molecule has 16 heavy (non-hydrogen) atoms. The number of thioether (sulfide) groups is 1. The van der Waals surface area contributed by atoms with E-state index in [-0.39, 0.29) is 6.04 Å². The van der Waals surface area contributed by atoms with E-state index in [1.54, 1.807) is 11.8 Å². The Balaban J connectivity index is 2.07. The molecule has 3 N–H and O–H groups in total. The second-order valence-corrected chi connectivity index (χ2v) is 4.16. The van der Waals surface area contributed by atoms with Gasteiger partial charge in [-0.05, 0) is 18.4 Å². The van der Waals surface area contributed by atoms with Crippen LogP contribution in [0.3, 0.4) is 0 Å². The molecule has 2 aromatic heterocycles. The zero-order valence-electron chi connectivity index (χ0n) is 8.75. The van der Waals surface area contributed by atoms with Crippen molar-refractivity contribution in [3.63, 3.8) is 0 Å². The summed E-state index contributed by atoms with van der Waals surface area (Å²) in [5.74, 6) is 2.25. The fourth-order valence-electron chi connectivity index (χ4n) is 1.16. The lowest BCUT2D eigenvalue weighted by Crippen LogP contribution is -2.11. The van der Waals surface area contributed by atoms with Crippen molar-refractivity contribution >= 4 is 11.8 Å². The Hall–Kier alpha value is -1.41. The third-order valence-corrected chi connectivity index (χ3v) is 2.66. The van der Waals surface area contributed by atoms with Crippen LogP contribution in [0.15, 0.2) is 10.9 Å². The summed E-state index contributed by atoms with van der Waals surface area (Å²) < 4.78 is 5.06. The van der Waals surface area contributed by atoms with Crippen molar-refractivity contribution in [1.82, 2.24) is 25.3 Å². The van der Waals surface area contributed by atoms with Crippen LogP contribution in [0.4, 0.5) is 0 Å². The molecule has 0 aliphatic carbocycles. The Kier molecular flexibility index (Phi) is 3.52. The van der Waals surface area contributed by atoms with Gasteiger partial charge in [0.2, 0.25) is 11.7 Å². The van der Waals surface area contributed by atoms with Crippen LogP contribution in [0.5, 0.6) is 0 Å². The van der Waals surface area contributed by atoms with Gasteiger partial charge < -0.3 is 10.3 Å². The van der Waals surface area contributed by atoms with Crippen molar-refractivity contribution < 1.29 is 4.52 Å². The first kappa shape index (κ1) is 11.1. The Morgan fingerprint density at radius 1 is 1.62 bits per heavy atom. The largest absolute Gasteiger partial charge is 0.337 e. The van der Waals surface area contributed by atoms with Gasteiger partial charge in [0.25, 0.3) is 0 Å². The summed E-state index contributed by atoms with van der Waals surface area (Å²) in [5.41, 5.74) is 5.89. The maximum Gasteiger partial charge on any atom is 0.243 e. The normalized spacial score (nSPS) is 12.9. The fraction of sp³-hybridized carbons (Fsp3) is 0.500. The molecule has 0 unspecified atom stereocenters. The standard InChI is InChI=1S/C8H12N6OS/c1-16-3-2-5(9)8-12-7(14-15-8)6-10-4-11-13-6/h4-5H,2-3,9H2,1H3,(H,10,11,13)/t5-/m1/s1. The maximum absolute atomic E-state index is 5.89. The zero-order valence-corrected chi connectivity index (χ0v) is 9.57. The predicted molar refractivity (Wildman–Crippen MR) is 59.6 cm³/mol. The van der Waals surface area contributed by atoms with Crippen LogP contribution < -0.4 is 5.73 Å². The number of nitrogens with two attached hydrogens (primary N) is 1. The predicted octanol–water partition coefficient (Wildman–Crippen LogP) is 0.608. The molecule has 0 saturated carbocycles. The first-order valence-corrected chi connectivity index (χ1v) is 6.14. The van der Waals surface area contributed by atoms with E-state index in [4.69, 9.17) is 10.3 Å². The molecule has 1 atom stereocenters. The van der Waals surface area contributed by atoms with Crippen molar-refractivity contribution in [1.29, 1.82) is 0 Å². The molecule has 0 aromatic carbocycles. The molecule has 0 aliphatic rings. The quantitative estimate of drug-likeness (QED) is 0.788. The Morgan fingerprint density at radius 2 is 2.50 bits per heavy atom.